The average Bonchev–Trinajstić information content (AvgIpc) is 2.99. The van der Waals surface area contributed by atoms with Crippen molar-refractivity contribution in [2.75, 3.05) is 0 Å². The molecule has 0 radical (unpaired) electrons. The highest BCUT2D eigenvalue weighted by Crippen LogP contribution is 2.38. The Labute approximate surface area is 182 Å². The Morgan fingerprint density at radius 3 is 2.45 bits per heavy atom. The first kappa shape index (κ1) is 21.6. The second-order valence-electron chi connectivity index (χ2n) is 6.71. The van der Waals surface area contributed by atoms with Crippen LogP contribution in [-0.2, 0) is 13.2 Å². The fraction of sp³-hybridized carbons (Fsp3) is 0.250. The molecule has 9 heteroatoms. The lowest BCUT2D eigenvalue weighted by Gasteiger charge is -2.13. The molecule has 0 saturated carbocycles. The van der Waals surface area contributed by atoms with Crippen LogP contribution in [0.25, 0.3) is 0 Å². The standard InChI is InChI=1S/C20H19Cl2N3O3S/c1-12(2)19-20(29-16-8-14(21)7-15(22)9-16)24(18(11-26)23-19)10-13-5-3-4-6-17(13)25(27)28/h3-9,12,26H,10-11H2,1-2H3. The first-order chi connectivity index (χ1) is 13.8. The number of aliphatic hydroxyl groups is 1. The molecule has 2 aromatic carbocycles. The molecule has 0 atom stereocenters. The van der Waals surface area contributed by atoms with E-state index in [0.717, 1.165) is 15.6 Å². The summed E-state index contributed by atoms with van der Waals surface area (Å²) < 4.78 is 1.82. The molecule has 0 amide bonds. The van der Waals surface area contributed by atoms with Gasteiger partial charge in [-0.3, -0.25) is 10.1 Å². The van der Waals surface area contributed by atoms with Gasteiger partial charge in [0.05, 0.1) is 17.2 Å². The summed E-state index contributed by atoms with van der Waals surface area (Å²) in [6, 6.07) is 11.8. The van der Waals surface area contributed by atoms with E-state index in [0.29, 0.717) is 21.4 Å². The molecule has 3 aromatic rings. The Morgan fingerprint density at radius 1 is 1.21 bits per heavy atom. The summed E-state index contributed by atoms with van der Waals surface area (Å²) in [4.78, 5) is 16.4. The highest BCUT2D eigenvalue weighted by Gasteiger charge is 2.23. The van der Waals surface area contributed by atoms with E-state index in [1.807, 2.05) is 18.4 Å². The lowest BCUT2D eigenvalue weighted by atomic mass is 10.1. The molecular formula is C20H19Cl2N3O3S. The summed E-state index contributed by atoms with van der Waals surface area (Å²) in [6.45, 7) is 3.95. The van der Waals surface area contributed by atoms with Crippen molar-refractivity contribution < 1.29 is 10.0 Å². The maximum absolute atomic E-state index is 11.4. The van der Waals surface area contributed by atoms with E-state index >= 15 is 0 Å². The van der Waals surface area contributed by atoms with E-state index in [1.165, 1.54) is 17.8 Å². The van der Waals surface area contributed by atoms with Gasteiger partial charge in [0.1, 0.15) is 17.5 Å². The van der Waals surface area contributed by atoms with Gasteiger partial charge in [-0.05, 0) is 24.1 Å². The van der Waals surface area contributed by atoms with Gasteiger partial charge >= 0.3 is 0 Å². The third-order valence-electron chi connectivity index (χ3n) is 4.28. The number of imidazole rings is 1. The number of aromatic nitrogens is 2. The van der Waals surface area contributed by atoms with Crippen LogP contribution in [0.2, 0.25) is 10.0 Å². The fourth-order valence-electron chi connectivity index (χ4n) is 2.96. The van der Waals surface area contributed by atoms with Crippen molar-refractivity contribution in [3.05, 3.63) is 79.7 Å². The Balaban J connectivity index is 2.12. The molecule has 0 aliphatic carbocycles. The summed E-state index contributed by atoms with van der Waals surface area (Å²) in [5.74, 6) is 0.534. The predicted octanol–water partition coefficient (Wildman–Crippen LogP) is 5.91. The minimum atomic E-state index is -0.405. The van der Waals surface area contributed by atoms with Crippen molar-refractivity contribution >= 4 is 40.7 Å². The van der Waals surface area contributed by atoms with E-state index in [9.17, 15) is 15.2 Å². The molecule has 0 spiro atoms. The maximum atomic E-state index is 11.4. The van der Waals surface area contributed by atoms with Crippen LogP contribution in [0.4, 0.5) is 5.69 Å². The van der Waals surface area contributed by atoms with Crippen LogP contribution in [0.3, 0.4) is 0 Å². The van der Waals surface area contributed by atoms with Gasteiger partial charge in [-0.25, -0.2) is 4.98 Å². The van der Waals surface area contributed by atoms with Crippen molar-refractivity contribution in [3.8, 4) is 0 Å². The number of nitro groups is 1. The summed E-state index contributed by atoms with van der Waals surface area (Å²) >= 11 is 13.7. The predicted molar refractivity (Wildman–Crippen MR) is 115 cm³/mol. The van der Waals surface area contributed by atoms with Crippen molar-refractivity contribution in [2.24, 2.45) is 0 Å². The molecule has 152 valence electrons. The number of hydrogen-bond donors (Lipinski definition) is 1. The number of para-hydroxylation sites is 1. The van der Waals surface area contributed by atoms with Crippen LogP contribution in [0.15, 0.2) is 52.4 Å². The van der Waals surface area contributed by atoms with E-state index in [1.54, 1.807) is 36.4 Å². The fourth-order valence-corrected chi connectivity index (χ4v) is 4.88. The third kappa shape index (κ3) is 4.93. The Bertz CT molecular complexity index is 1030. The van der Waals surface area contributed by atoms with Gasteiger partial charge in [-0.15, -0.1) is 0 Å². The highest BCUT2D eigenvalue weighted by atomic mass is 35.5. The Kier molecular flexibility index (Phi) is 6.85. The molecule has 3 rings (SSSR count). The second-order valence-corrected chi connectivity index (χ2v) is 8.65. The van der Waals surface area contributed by atoms with Crippen molar-refractivity contribution in [1.29, 1.82) is 0 Å². The molecule has 0 aliphatic heterocycles. The molecule has 0 aliphatic rings. The van der Waals surface area contributed by atoms with Gasteiger partial charge in [0.2, 0.25) is 0 Å². The van der Waals surface area contributed by atoms with Crippen LogP contribution >= 0.6 is 35.0 Å². The molecule has 0 saturated heterocycles. The van der Waals surface area contributed by atoms with Gasteiger partial charge in [0.15, 0.2) is 0 Å². The van der Waals surface area contributed by atoms with E-state index in [-0.39, 0.29) is 24.8 Å². The lowest BCUT2D eigenvalue weighted by Crippen LogP contribution is -2.08. The number of halogens is 2. The third-order valence-corrected chi connectivity index (χ3v) is 5.81. The largest absolute Gasteiger partial charge is 0.388 e. The molecule has 29 heavy (non-hydrogen) atoms. The smallest absolute Gasteiger partial charge is 0.274 e. The van der Waals surface area contributed by atoms with Gasteiger partial charge in [0, 0.05) is 26.6 Å². The zero-order valence-electron chi connectivity index (χ0n) is 15.8. The van der Waals surface area contributed by atoms with Gasteiger partial charge in [0.25, 0.3) is 5.69 Å². The summed E-state index contributed by atoms with van der Waals surface area (Å²) in [7, 11) is 0. The average molecular weight is 452 g/mol. The van der Waals surface area contributed by atoms with Gasteiger partial charge < -0.3 is 9.67 Å². The monoisotopic (exact) mass is 451 g/mol. The quantitative estimate of drug-likeness (QED) is 0.356. The molecule has 6 nitrogen and oxygen atoms in total. The molecule has 1 heterocycles. The van der Waals surface area contributed by atoms with Crippen LogP contribution in [-0.4, -0.2) is 19.6 Å². The van der Waals surface area contributed by atoms with Crippen LogP contribution in [0.1, 0.15) is 36.8 Å². The first-order valence-electron chi connectivity index (χ1n) is 8.86. The van der Waals surface area contributed by atoms with Gasteiger partial charge in [-0.2, -0.15) is 0 Å². The van der Waals surface area contributed by atoms with Crippen LogP contribution in [0, 0.1) is 10.1 Å². The molecule has 1 N–H and O–H groups in total. The molecule has 0 bridgehead atoms. The number of aliphatic hydroxyl groups excluding tert-OH is 1. The summed E-state index contributed by atoms with van der Waals surface area (Å²) in [5, 5.41) is 23.1. The van der Waals surface area contributed by atoms with E-state index in [4.69, 9.17) is 23.2 Å². The Morgan fingerprint density at radius 2 is 1.86 bits per heavy atom. The van der Waals surface area contributed by atoms with E-state index < -0.39 is 4.92 Å². The van der Waals surface area contributed by atoms with E-state index in [2.05, 4.69) is 4.98 Å². The van der Waals surface area contributed by atoms with Gasteiger partial charge in [-0.1, -0.05) is 67.0 Å². The van der Waals surface area contributed by atoms with Crippen LogP contribution in [0.5, 0.6) is 0 Å². The normalized spacial score (nSPS) is 11.2. The summed E-state index contributed by atoms with van der Waals surface area (Å²) in [6.07, 6.45) is 0. The topological polar surface area (TPSA) is 81.2 Å². The zero-order chi connectivity index (χ0) is 21.1. The highest BCUT2D eigenvalue weighted by molar-refractivity contribution is 7.99. The maximum Gasteiger partial charge on any atom is 0.274 e. The number of hydrogen-bond acceptors (Lipinski definition) is 5. The van der Waals surface area contributed by atoms with Crippen molar-refractivity contribution in [1.82, 2.24) is 9.55 Å². The first-order valence-corrected chi connectivity index (χ1v) is 10.4. The molecule has 0 unspecified atom stereocenters. The van der Waals surface area contributed by atoms with Crippen molar-refractivity contribution in [2.45, 2.75) is 42.8 Å². The number of nitro benzene ring substituents is 1. The summed E-state index contributed by atoms with van der Waals surface area (Å²) in [5.41, 5.74) is 1.36. The zero-order valence-corrected chi connectivity index (χ0v) is 18.1. The number of benzene rings is 2. The number of nitrogens with zero attached hydrogens (tertiary/aromatic N) is 3. The van der Waals surface area contributed by atoms with Crippen LogP contribution < -0.4 is 0 Å². The number of rotatable bonds is 7. The Hall–Kier alpha value is -2.06. The lowest BCUT2D eigenvalue weighted by molar-refractivity contribution is -0.385. The SMILES string of the molecule is CC(C)c1nc(CO)n(Cc2ccccc2[N+](=O)[O-])c1Sc1cc(Cl)cc(Cl)c1. The minimum absolute atomic E-state index is 0.0259. The second kappa shape index (κ2) is 9.17. The molecule has 1 aromatic heterocycles. The minimum Gasteiger partial charge on any atom is -0.388 e. The van der Waals surface area contributed by atoms with Crippen molar-refractivity contribution in [3.63, 3.8) is 0 Å². The molecule has 0 fully saturated rings. The molecular weight excluding hydrogens is 433 g/mol.